The molecule has 0 aromatic heterocycles. The Morgan fingerprint density at radius 2 is 1.92 bits per heavy atom. The summed E-state index contributed by atoms with van der Waals surface area (Å²) in [5.74, 6) is -3.22. The number of likely N-dealkylation sites (tertiary alicyclic amines) is 1. The van der Waals surface area contributed by atoms with Crippen molar-refractivity contribution in [3.63, 3.8) is 0 Å². The summed E-state index contributed by atoms with van der Waals surface area (Å²) in [5, 5.41) is 10.5. The number of hydrogen-bond donors (Lipinski definition) is 1. The van der Waals surface area contributed by atoms with Crippen LogP contribution in [0.25, 0.3) is 0 Å². The molecule has 1 N–H and O–H groups in total. The van der Waals surface area contributed by atoms with E-state index in [1.54, 1.807) is 30.9 Å². The first-order valence-electron chi connectivity index (χ1n) is 12.9. The Bertz CT molecular complexity index is 1160. The number of aryl methyl sites for hydroxylation is 1. The molecule has 1 aromatic rings. The predicted octanol–water partition coefficient (Wildman–Crippen LogP) is 3.19. The summed E-state index contributed by atoms with van der Waals surface area (Å²) in [7, 11) is 0. The van der Waals surface area contributed by atoms with Crippen molar-refractivity contribution in [3.05, 3.63) is 53.1 Å². The fourth-order valence-electron chi connectivity index (χ4n) is 6.46. The molecule has 6 atom stereocenters. The number of ether oxygens (including phenoxy) is 2. The normalized spacial score (nSPS) is 35.4. The Morgan fingerprint density at radius 1 is 1.14 bits per heavy atom. The molecule has 4 aliphatic heterocycles. The van der Waals surface area contributed by atoms with E-state index in [0.29, 0.717) is 10.7 Å². The SMILES string of the molecule is Cc1cccc(Cl)c1N1CC=C[C@]23O[C@@]4(C)/C=C\CCCCOC(=O)[C@H]4[C@H]2C(=O)N([C@H](C)CO)C3C1=O. The smallest absolute Gasteiger partial charge is 0.313 e. The van der Waals surface area contributed by atoms with Crippen molar-refractivity contribution in [2.75, 3.05) is 24.7 Å². The Labute approximate surface area is 221 Å². The molecule has 0 bridgehead atoms. The van der Waals surface area contributed by atoms with Gasteiger partial charge in [0.2, 0.25) is 5.91 Å². The summed E-state index contributed by atoms with van der Waals surface area (Å²) in [5.41, 5.74) is -1.20. The van der Waals surface area contributed by atoms with Crippen molar-refractivity contribution in [2.45, 2.75) is 63.3 Å². The standard InChI is InChI=1S/C28H33ClN2O6/c1-17-10-8-11-19(29)22(17)30-14-9-13-28-20(24(33)31(18(2)16-32)23(28)25(30)34)21-26(35)36-15-7-5-4-6-12-27(21,3)37-28/h6,8-13,18,20-21,23,32H,4-5,7,14-16H2,1-3H3/b12-6-/t18-,20+,21-,23?,27+,28+/m1/s1. The molecule has 0 aliphatic carbocycles. The van der Waals surface area contributed by atoms with Gasteiger partial charge in [-0.15, -0.1) is 0 Å². The molecule has 4 heterocycles. The number of benzene rings is 1. The third-order valence-corrected chi connectivity index (χ3v) is 8.44. The number of carbonyl (C=O) groups excluding carboxylic acids is 3. The number of anilines is 1. The van der Waals surface area contributed by atoms with Gasteiger partial charge in [0, 0.05) is 6.54 Å². The van der Waals surface area contributed by atoms with Crippen molar-refractivity contribution in [1.82, 2.24) is 4.90 Å². The zero-order valence-corrected chi connectivity index (χ0v) is 22.1. The number of aliphatic hydroxyl groups is 1. The molecule has 4 aliphatic rings. The zero-order valence-electron chi connectivity index (χ0n) is 21.4. The van der Waals surface area contributed by atoms with Gasteiger partial charge in [0.1, 0.15) is 17.6 Å². The van der Waals surface area contributed by atoms with E-state index in [2.05, 4.69) is 0 Å². The lowest BCUT2D eigenvalue weighted by Crippen LogP contribution is -2.58. The van der Waals surface area contributed by atoms with Crippen LogP contribution >= 0.6 is 11.6 Å². The Kier molecular flexibility index (Phi) is 6.71. The maximum atomic E-state index is 14.4. The van der Waals surface area contributed by atoms with Gasteiger partial charge in [-0.2, -0.15) is 0 Å². The minimum Gasteiger partial charge on any atom is -0.465 e. The van der Waals surface area contributed by atoms with Crippen LogP contribution in [0.2, 0.25) is 5.02 Å². The number of esters is 1. The number of nitrogens with zero attached hydrogens (tertiary/aromatic N) is 2. The second-order valence-electron chi connectivity index (χ2n) is 10.6. The average molecular weight is 529 g/mol. The molecule has 0 radical (unpaired) electrons. The number of fused-ring (bicyclic) bond motifs is 2. The van der Waals surface area contributed by atoms with Crippen molar-refractivity contribution < 1.29 is 29.0 Å². The molecular formula is C28H33ClN2O6. The Hall–Kier alpha value is -2.68. The number of halogens is 1. The molecule has 37 heavy (non-hydrogen) atoms. The third kappa shape index (κ3) is 3.92. The van der Waals surface area contributed by atoms with E-state index in [1.165, 1.54) is 4.90 Å². The molecule has 198 valence electrons. The Morgan fingerprint density at radius 3 is 2.65 bits per heavy atom. The monoisotopic (exact) mass is 528 g/mol. The highest BCUT2D eigenvalue weighted by Gasteiger charge is 2.75. The van der Waals surface area contributed by atoms with Crippen LogP contribution in [0.15, 0.2) is 42.5 Å². The summed E-state index contributed by atoms with van der Waals surface area (Å²) < 4.78 is 12.4. The molecule has 0 saturated carbocycles. The number of carbonyl (C=O) groups is 3. The first-order valence-corrected chi connectivity index (χ1v) is 13.3. The zero-order chi connectivity index (χ0) is 26.5. The van der Waals surface area contributed by atoms with Crippen LogP contribution in [-0.4, -0.2) is 70.8 Å². The fourth-order valence-corrected chi connectivity index (χ4v) is 6.79. The average Bonchev–Trinajstić information content (AvgIpc) is 3.20. The molecule has 2 saturated heterocycles. The highest BCUT2D eigenvalue weighted by molar-refractivity contribution is 6.34. The van der Waals surface area contributed by atoms with Gasteiger partial charge in [-0.1, -0.05) is 48.0 Å². The first-order chi connectivity index (χ1) is 17.7. The lowest BCUT2D eigenvalue weighted by Gasteiger charge is -2.39. The van der Waals surface area contributed by atoms with E-state index < -0.39 is 47.0 Å². The van der Waals surface area contributed by atoms with E-state index in [9.17, 15) is 19.5 Å². The molecule has 1 unspecified atom stereocenters. The van der Waals surface area contributed by atoms with Crippen molar-refractivity contribution in [3.8, 4) is 0 Å². The van der Waals surface area contributed by atoms with Crippen LogP contribution < -0.4 is 4.90 Å². The van der Waals surface area contributed by atoms with E-state index in [4.69, 9.17) is 21.1 Å². The molecule has 8 nitrogen and oxygen atoms in total. The molecule has 1 spiro atoms. The van der Waals surface area contributed by atoms with Gasteiger partial charge in [-0.3, -0.25) is 14.4 Å². The maximum absolute atomic E-state index is 14.4. The minimum atomic E-state index is -1.42. The molecule has 9 heteroatoms. The quantitative estimate of drug-likeness (QED) is 0.478. The summed E-state index contributed by atoms with van der Waals surface area (Å²) in [6.45, 7) is 5.48. The van der Waals surface area contributed by atoms with E-state index >= 15 is 0 Å². The van der Waals surface area contributed by atoms with Gasteiger partial charge in [0.25, 0.3) is 5.91 Å². The largest absolute Gasteiger partial charge is 0.465 e. The van der Waals surface area contributed by atoms with E-state index in [1.807, 2.05) is 37.3 Å². The highest BCUT2D eigenvalue weighted by atomic mass is 35.5. The van der Waals surface area contributed by atoms with Gasteiger partial charge in [0.15, 0.2) is 0 Å². The summed E-state index contributed by atoms with van der Waals surface area (Å²) in [4.78, 5) is 45.0. The van der Waals surface area contributed by atoms with Crippen molar-refractivity contribution in [1.29, 1.82) is 0 Å². The van der Waals surface area contributed by atoms with Crippen molar-refractivity contribution >= 4 is 35.1 Å². The van der Waals surface area contributed by atoms with Gasteiger partial charge in [-0.25, -0.2) is 0 Å². The second kappa shape index (κ2) is 9.57. The van der Waals surface area contributed by atoms with Gasteiger partial charge < -0.3 is 24.4 Å². The van der Waals surface area contributed by atoms with Crippen LogP contribution in [0.3, 0.4) is 0 Å². The fraction of sp³-hybridized carbons (Fsp3) is 0.536. The first kappa shape index (κ1) is 25.9. The number of cyclic esters (lactones) is 1. The molecule has 2 fully saturated rings. The summed E-state index contributed by atoms with van der Waals surface area (Å²) in [6, 6.07) is 3.63. The minimum absolute atomic E-state index is 0.217. The lowest BCUT2D eigenvalue weighted by molar-refractivity contribution is -0.159. The van der Waals surface area contributed by atoms with Crippen LogP contribution in [0, 0.1) is 18.8 Å². The lowest BCUT2D eigenvalue weighted by atomic mass is 9.74. The number of para-hydroxylation sites is 1. The number of amides is 2. The molecule has 5 rings (SSSR count). The second-order valence-corrected chi connectivity index (χ2v) is 11.0. The van der Waals surface area contributed by atoms with Gasteiger partial charge in [0.05, 0.1) is 41.5 Å². The van der Waals surface area contributed by atoms with Crippen LogP contribution in [0.5, 0.6) is 0 Å². The van der Waals surface area contributed by atoms with Crippen LogP contribution in [0.4, 0.5) is 5.69 Å². The number of hydrogen-bond acceptors (Lipinski definition) is 6. The topological polar surface area (TPSA) is 96.4 Å². The van der Waals surface area contributed by atoms with E-state index in [-0.39, 0.29) is 25.7 Å². The molecule has 1 aromatic carbocycles. The number of rotatable bonds is 3. The number of aliphatic hydroxyl groups excluding tert-OH is 1. The Balaban J connectivity index is 1.68. The maximum Gasteiger partial charge on any atom is 0.313 e. The predicted molar refractivity (Wildman–Crippen MR) is 138 cm³/mol. The van der Waals surface area contributed by atoms with Gasteiger partial charge in [-0.05, 0) is 51.7 Å². The third-order valence-electron chi connectivity index (χ3n) is 8.14. The van der Waals surface area contributed by atoms with Crippen LogP contribution in [-0.2, 0) is 23.9 Å². The number of allylic oxidation sites excluding steroid dienone is 1. The summed E-state index contributed by atoms with van der Waals surface area (Å²) >= 11 is 6.56. The van der Waals surface area contributed by atoms with Gasteiger partial charge >= 0.3 is 5.97 Å². The summed E-state index contributed by atoms with van der Waals surface area (Å²) in [6.07, 6.45) is 9.80. The highest BCUT2D eigenvalue weighted by Crippen LogP contribution is 2.57. The molecule has 2 amide bonds. The van der Waals surface area contributed by atoms with Crippen LogP contribution in [0.1, 0.15) is 38.7 Å². The van der Waals surface area contributed by atoms with Crippen molar-refractivity contribution in [2.24, 2.45) is 11.8 Å². The molecular weight excluding hydrogens is 496 g/mol. The van der Waals surface area contributed by atoms with E-state index in [0.717, 1.165) is 24.8 Å².